The first-order valence-corrected chi connectivity index (χ1v) is 5.33. The van der Waals surface area contributed by atoms with Gasteiger partial charge in [-0.2, -0.15) is 4.57 Å². The predicted molar refractivity (Wildman–Crippen MR) is 64.4 cm³/mol. The molecule has 0 aliphatic heterocycles. The fourth-order valence-corrected chi connectivity index (χ4v) is 1.60. The van der Waals surface area contributed by atoms with Gasteiger partial charge in [-0.05, 0) is 11.1 Å². The van der Waals surface area contributed by atoms with E-state index in [9.17, 15) is 4.79 Å². The number of hydrazine groups is 1. The summed E-state index contributed by atoms with van der Waals surface area (Å²) in [5, 5.41) is 0. The summed E-state index contributed by atoms with van der Waals surface area (Å²) in [6.45, 7) is 0.228. The minimum absolute atomic E-state index is 0.220. The number of carbonyl (C=O) groups is 1. The second kappa shape index (κ2) is 5.23. The van der Waals surface area contributed by atoms with Crippen molar-refractivity contribution in [3.8, 4) is 11.1 Å². The van der Waals surface area contributed by atoms with Crippen molar-refractivity contribution in [3.05, 3.63) is 54.9 Å². The van der Waals surface area contributed by atoms with Gasteiger partial charge in [0.15, 0.2) is 12.4 Å². The average Bonchev–Trinajstić information content (AvgIpc) is 2.40. The van der Waals surface area contributed by atoms with Crippen molar-refractivity contribution >= 4 is 5.91 Å². The lowest BCUT2D eigenvalue weighted by atomic mass is 10.1. The van der Waals surface area contributed by atoms with E-state index in [1.807, 2.05) is 54.9 Å². The Kier molecular flexibility index (Phi) is 3.47. The van der Waals surface area contributed by atoms with Gasteiger partial charge in [-0.3, -0.25) is 10.2 Å². The molecule has 0 saturated carbocycles. The zero-order valence-electron chi connectivity index (χ0n) is 9.34. The molecule has 2 rings (SSSR count). The van der Waals surface area contributed by atoms with Gasteiger partial charge in [0.2, 0.25) is 6.54 Å². The molecule has 0 aliphatic rings. The summed E-state index contributed by atoms with van der Waals surface area (Å²) < 4.78 is 1.77. The van der Waals surface area contributed by atoms with Crippen molar-refractivity contribution in [2.45, 2.75) is 6.54 Å². The third kappa shape index (κ3) is 2.89. The second-order valence-electron chi connectivity index (χ2n) is 3.69. The molecule has 0 fully saturated rings. The van der Waals surface area contributed by atoms with E-state index in [-0.39, 0.29) is 12.5 Å². The van der Waals surface area contributed by atoms with Crippen LogP contribution in [0, 0.1) is 0 Å². The number of nitrogens with one attached hydrogen (secondary N) is 1. The largest absolute Gasteiger partial charge is 0.299 e. The maximum absolute atomic E-state index is 11.1. The maximum Gasteiger partial charge on any atom is 0.299 e. The highest BCUT2D eigenvalue weighted by molar-refractivity contribution is 5.73. The van der Waals surface area contributed by atoms with Crippen molar-refractivity contribution in [2.24, 2.45) is 5.84 Å². The summed E-state index contributed by atoms with van der Waals surface area (Å²) in [5.41, 5.74) is 4.38. The van der Waals surface area contributed by atoms with Crippen LogP contribution in [0.2, 0.25) is 0 Å². The Morgan fingerprint density at radius 3 is 2.24 bits per heavy atom. The van der Waals surface area contributed by atoms with E-state index in [4.69, 9.17) is 5.84 Å². The van der Waals surface area contributed by atoms with Gasteiger partial charge in [0.25, 0.3) is 5.91 Å². The Hall–Kier alpha value is -2.20. The van der Waals surface area contributed by atoms with E-state index in [0.717, 1.165) is 11.1 Å². The second-order valence-corrected chi connectivity index (χ2v) is 3.69. The van der Waals surface area contributed by atoms with Gasteiger partial charge in [-0.1, -0.05) is 30.3 Å². The number of nitrogens with zero attached hydrogens (tertiary/aromatic N) is 1. The monoisotopic (exact) mass is 228 g/mol. The molecule has 4 nitrogen and oxygen atoms in total. The zero-order valence-corrected chi connectivity index (χ0v) is 9.34. The highest BCUT2D eigenvalue weighted by Crippen LogP contribution is 2.16. The molecule has 0 bridgehead atoms. The molecule has 17 heavy (non-hydrogen) atoms. The lowest BCUT2D eigenvalue weighted by Crippen LogP contribution is -2.44. The summed E-state index contributed by atoms with van der Waals surface area (Å²) in [6.07, 6.45) is 3.72. The SMILES string of the molecule is NNC(=O)C[n+]1ccc(-c2ccccc2)cc1. The van der Waals surface area contributed by atoms with E-state index in [1.165, 1.54) is 0 Å². The number of hydrogen-bond acceptors (Lipinski definition) is 2. The Balaban J connectivity index is 2.16. The summed E-state index contributed by atoms with van der Waals surface area (Å²) in [6, 6.07) is 14.0. The molecular formula is C13H14N3O+. The zero-order chi connectivity index (χ0) is 12.1. The van der Waals surface area contributed by atoms with Crippen molar-refractivity contribution < 1.29 is 9.36 Å². The fourth-order valence-electron chi connectivity index (χ4n) is 1.60. The van der Waals surface area contributed by atoms with Crippen LogP contribution >= 0.6 is 0 Å². The molecule has 1 amide bonds. The van der Waals surface area contributed by atoms with Crippen molar-refractivity contribution in [1.29, 1.82) is 0 Å². The first kappa shape index (κ1) is 11.3. The van der Waals surface area contributed by atoms with Crippen LogP contribution in [0.5, 0.6) is 0 Å². The molecule has 0 spiro atoms. The number of rotatable bonds is 3. The molecule has 4 heteroatoms. The Labute approximate surface area is 99.7 Å². The number of benzene rings is 1. The van der Waals surface area contributed by atoms with Crippen LogP contribution in [-0.4, -0.2) is 5.91 Å². The molecular weight excluding hydrogens is 214 g/mol. The lowest BCUT2D eigenvalue weighted by Gasteiger charge is -2.00. The van der Waals surface area contributed by atoms with Gasteiger partial charge < -0.3 is 0 Å². The number of pyridine rings is 1. The lowest BCUT2D eigenvalue weighted by molar-refractivity contribution is -0.684. The van der Waals surface area contributed by atoms with Gasteiger partial charge in [0.1, 0.15) is 0 Å². The van der Waals surface area contributed by atoms with Gasteiger partial charge in [-0.25, -0.2) is 5.84 Å². The summed E-state index contributed by atoms with van der Waals surface area (Å²) in [7, 11) is 0. The van der Waals surface area contributed by atoms with Gasteiger partial charge >= 0.3 is 0 Å². The summed E-state index contributed by atoms with van der Waals surface area (Å²) in [5.74, 6) is 4.81. The smallest absolute Gasteiger partial charge is 0.289 e. The quantitative estimate of drug-likeness (QED) is 0.350. The topological polar surface area (TPSA) is 59.0 Å². The molecule has 0 aliphatic carbocycles. The molecule has 2 aromatic rings. The molecule has 0 atom stereocenters. The van der Waals surface area contributed by atoms with Crippen LogP contribution < -0.4 is 15.8 Å². The molecule has 0 saturated heterocycles. The highest BCUT2D eigenvalue weighted by atomic mass is 16.2. The number of amides is 1. The standard InChI is InChI=1S/C13H13N3O/c14-15-13(17)10-16-8-6-12(7-9-16)11-4-2-1-3-5-11/h1-9H,10,14H2/p+1. The van der Waals surface area contributed by atoms with Crippen LogP contribution in [-0.2, 0) is 11.3 Å². The van der Waals surface area contributed by atoms with Crippen molar-refractivity contribution in [2.75, 3.05) is 0 Å². The molecule has 86 valence electrons. The van der Waals surface area contributed by atoms with Gasteiger partial charge in [0.05, 0.1) is 0 Å². The van der Waals surface area contributed by atoms with Crippen LogP contribution in [0.15, 0.2) is 54.9 Å². The number of aromatic nitrogens is 1. The van der Waals surface area contributed by atoms with E-state index in [2.05, 4.69) is 5.43 Å². The third-order valence-electron chi connectivity index (χ3n) is 2.49. The van der Waals surface area contributed by atoms with Crippen LogP contribution in [0.4, 0.5) is 0 Å². The molecule has 1 aromatic heterocycles. The molecule has 0 radical (unpaired) electrons. The molecule has 1 aromatic carbocycles. The van der Waals surface area contributed by atoms with E-state index in [0.29, 0.717) is 0 Å². The molecule has 3 N–H and O–H groups in total. The third-order valence-corrected chi connectivity index (χ3v) is 2.49. The Morgan fingerprint density at radius 2 is 1.65 bits per heavy atom. The first-order valence-electron chi connectivity index (χ1n) is 5.33. The number of carbonyl (C=O) groups excluding carboxylic acids is 1. The van der Waals surface area contributed by atoms with Crippen LogP contribution in [0.3, 0.4) is 0 Å². The number of hydrogen-bond donors (Lipinski definition) is 2. The minimum Gasteiger partial charge on any atom is -0.289 e. The first-order chi connectivity index (χ1) is 8.29. The van der Waals surface area contributed by atoms with Crippen LogP contribution in [0.1, 0.15) is 0 Å². The fraction of sp³-hybridized carbons (Fsp3) is 0.0769. The minimum atomic E-state index is -0.220. The van der Waals surface area contributed by atoms with Gasteiger partial charge in [0, 0.05) is 12.1 Å². The molecule has 0 unspecified atom stereocenters. The average molecular weight is 228 g/mol. The predicted octanol–water partition coefficient (Wildman–Crippen LogP) is 0.631. The van der Waals surface area contributed by atoms with E-state index in [1.54, 1.807) is 4.57 Å². The Morgan fingerprint density at radius 1 is 1.06 bits per heavy atom. The van der Waals surface area contributed by atoms with E-state index >= 15 is 0 Å². The van der Waals surface area contributed by atoms with Crippen molar-refractivity contribution in [3.63, 3.8) is 0 Å². The maximum atomic E-state index is 11.1. The Bertz CT molecular complexity index is 494. The summed E-state index contributed by atoms with van der Waals surface area (Å²) >= 11 is 0. The van der Waals surface area contributed by atoms with Gasteiger partial charge in [-0.15, -0.1) is 0 Å². The molecule has 1 heterocycles. The number of nitrogens with two attached hydrogens (primary N) is 1. The highest BCUT2D eigenvalue weighted by Gasteiger charge is 2.07. The van der Waals surface area contributed by atoms with E-state index < -0.39 is 0 Å². The summed E-state index contributed by atoms with van der Waals surface area (Å²) in [4.78, 5) is 11.1. The van der Waals surface area contributed by atoms with Crippen molar-refractivity contribution in [1.82, 2.24) is 5.43 Å². The normalized spacial score (nSPS) is 9.94. The van der Waals surface area contributed by atoms with Crippen LogP contribution in [0.25, 0.3) is 11.1 Å².